The van der Waals surface area contributed by atoms with Gasteiger partial charge >= 0.3 is 0 Å². The van der Waals surface area contributed by atoms with E-state index in [1.807, 2.05) is 54.6 Å². The van der Waals surface area contributed by atoms with Crippen LogP contribution in [0.5, 0.6) is 29.0 Å². The van der Waals surface area contributed by atoms with Crippen molar-refractivity contribution in [2.45, 2.75) is 0 Å². The number of fused-ring (bicyclic) bond motifs is 1. The normalized spacial score (nSPS) is 10.7. The molecule has 10 heteroatoms. The fourth-order valence-electron chi connectivity index (χ4n) is 4.02. The molecular formula is C30H22N6O4. The molecule has 4 heterocycles. The molecule has 0 aliphatic carbocycles. The Labute approximate surface area is 228 Å². The average Bonchev–Trinajstić information content (AvgIpc) is 3.43. The van der Waals surface area contributed by atoms with Gasteiger partial charge in [-0.3, -0.25) is 14.9 Å². The number of anilines is 1. The zero-order valence-electron chi connectivity index (χ0n) is 21.2. The summed E-state index contributed by atoms with van der Waals surface area (Å²) in [5.41, 5.74) is 3.19. The van der Waals surface area contributed by atoms with E-state index >= 15 is 0 Å². The molecule has 0 atom stereocenters. The Morgan fingerprint density at radius 1 is 0.775 bits per heavy atom. The van der Waals surface area contributed by atoms with Gasteiger partial charge in [-0.05, 0) is 48.0 Å². The molecule has 0 bridgehead atoms. The molecular weight excluding hydrogens is 508 g/mol. The quantitative estimate of drug-likeness (QED) is 0.236. The second-order valence-corrected chi connectivity index (χ2v) is 8.63. The van der Waals surface area contributed by atoms with Crippen molar-refractivity contribution >= 4 is 22.5 Å². The number of aromatic nitrogens is 5. The summed E-state index contributed by atoms with van der Waals surface area (Å²) in [5, 5.41) is 10.7. The molecule has 40 heavy (non-hydrogen) atoms. The molecule has 0 radical (unpaired) electrons. The van der Waals surface area contributed by atoms with Gasteiger partial charge in [-0.1, -0.05) is 24.3 Å². The number of ether oxygens (including phenoxy) is 3. The van der Waals surface area contributed by atoms with Gasteiger partial charge in [-0.2, -0.15) is 5.10 Å². The molecule has 0 unspecified atom stereocenters. The summed E-state index contributed by atoms with van der Waals surface area (Å²) in [6.45, 7) is 0. The van der Waals surface area contributed by atoms with E-state index in [-0.39, 0.29) is 11.6 Å². The molecule has 0 saturated carbocycles. The predicted molar refractivity (Wildman–Crippen MR) is 149 cm³/mol. The molecule has 0 aliphatic rings. The predicted octanol–water partition coefficient (Wildman–Crippen LogP) is 6.26. The van der Waals surface area contributed by atoms with Crippen molar-refractivity contribution in [2.75, 3.05) is 12.4 Å². The van der Waals surface area contributed by atoms with Crippen molar-refractivity contribution < 1.29 is 19.0 Å². The fourth-order valence-corrected chi connectivity index (χ4v) is 4.02. The lowest BCUT2D eigenvalue weighted by Crippen LogP contribution is -2.13. The summed E-state index contributed by atoms with van der Waals surface area (Å²) in [6.07, 6.45) is 6.49. The smallest absolute Gasteiger partial charge is 0.276 e. The van der Waals surface area contributed by atoms with Crippen molar-refractivity contribution in [3.63, 3.8) is 0 Å². The number of H-pyrrole nitrogens is 1. The van der Waals surface area contributed by atoms with Crippen molar-refractivity contribution in [3.05, 3.63) is 109 Å². The van der Waals surface area contributed by atoms with Crippen LogP contribution >= 0.6 is 0 Å². The highest BCUT2D eigenvalue weighted by atomic mass is 16.5. The SMILES string of the molecule is COc1cc(Oc2ccc(NC(=O)c3n[nH]c4ccc(-c5cncc(Oc6ccccc6)c5)cc34)cn2)ccn1. The molecule has 2 N–H and O–H groups in total. The third-order valence-corrected chi connectivity index (χ3v) is 5.94. The number of aromatic amines is 1. The summed E-state index contributed by atoms with van der Waals surface area (Å²) < 4.78 is 16.8. The number of para-hydroxylation sites is 1. The van der Waals surface area contributed by atoms with Crippen LogP contribution in [0.3, 0.4) is 0 Å². The lowest BCUT2D eigenvalue weighted by molar-refractivity contribution is 0.102. The number of carbonyl (C=O) groups is 1. The highest BCUT2D eigenvalue weighted by molar-refractivity contribution is 6.11. The fraction of sp³-hybridized carbons (Fsp3) is 0.0333. The zero-order chi connectivity index (χ0) is 27.3. The van der Waals surface area contributed by atoms with Gasteiger partial charge in [-0.15, -0.1) is 0 Å². The van der Waals surface area contributed by atoms with Gasteiger partial charge in [0.25, 0.3) is 5.91 Å². The molecule has 4 aromatic heterocycles. The second-order valence-electron chi connectivity index (χ2n) is 8.63. The molecule has 0 saturated heterocycles. The van der Waals surface area contributed by atoms with E-state index in [2.05, 4.69) is 30.5 Å². The molecule has 6 rings (SSSR count). The number of pyridine rings is 3. The number of hydrogen-bond donors (Lipinski definition) is 2. The van der Waals surface area contributed by atoms with Crippen LogP contribution in [0.15, 0.2) is 104 Å². The van der Waals surface area contributed by atoms with Crippen LogP contribution in [0.25, 0.3) is 22.0 Å². The van der Waals surface area contributed by atoms with E-state index in [4.69, 9.17) is 14.2 Å². The Kier molecular flexibility index (Phi) is 6.70. The molecule has 0 fully saturated rings. The van der Waals surface area contributed by atoms with Crippen LogP contribution in [-0.2, 0) is 0 Å². The van der Waals surface area contributed by atoms with Crippen molar-refractivity contribution in [1.29, 1.82) is 0 Å². The topological polar surface area (TPSA) is 124 Å². The van der Waals surface area contributed by atoms with Crippen molar-refractivity contribution in [2.24, 2.45) is 0 Å². The number of methoxy groups -OCH3 is 1. The summed E-state index contributed by atoms with van der Waals surface area (Å²) in [4.78, 5) is 25.8. The summed E-state index contributed by atoms with van der Waals surface area (Å²) >= 11 is 0. The maximum Gasteiger partial charge on any atom is 0.276 e. The van der Waals surface area contributed by atoms with Crippen LogP contribution in [-0.4, -0.2) is 38.2 Å². The van der Waals surface area contributed by atoms with Gasteiger partial charge in [0.1, 0.15) is 17.2 Å². The molecule has 1 amide bonds. The number of carbonyl (C=O) groups excluding carboxylic acids is 1. The maximum atomic E-state index is 13.1. The summed E-state index contributed by atoms with van der Waals surface area (Å²) in [6, 6.07) is 23.8. The van der Waals surface area contributed by atoms with Crippen molar-refractivity contribution in [3.8, 4) is 40.1 Å². The summed E-state index contributed by atoms with van der Waals surface area (Å²) in [7, 11) is 1.53. The molecule has 6 aromatic rings. The van der Waals surface area contributed by atoms with Crippen LogP contribution in [0.4, 0.5) is 5.69 Å². The largest absolute Gasteiger partial charge is 0.481 e. The van der Waals surface area contributed by atoms with Gasteiger partial charge in [0, 0.05) is 35.5 Å². The second kappa shape index (κ2) is 10.9. The van der Waals surface area contributed by atoms with Gasteiger partial charge in [-0.25, -0.2) is 9.97 Å². The first-order valence-electron chi connectivity index (χ1n) is 12.3. The van der Waals surface area contributed by atoms with Gasteiger partial charge in [0.2, 0.25) is 11.8 Å². The number of nitrogens with one attached hydrogen (secondary N) is 2. The Bertz CT molecular complexity index is 1790. The van der Waals surface area contributed by atoms with E-state index in [9.17, 15) is 4.79 Å². The van der Waals surface area contributed by atoms with Crippen LogP contribution in [0.1, 0.15) is 10.5 Å². The summed E-state index contributed by atoms with van der Waals surface area (Å²) in [5.74, 6) is 2.27. The first-order valence-corrected chi connectivity index (χ1v) is 12.3. The first-order chi connectivity index (χ1) is 19.6. The van der Waals surface area contributed by atoms with Crippen molar-refractivity contribution in [1.82, 2.24) is 25.1 Å². The highest BCUT2D eigenvalue weighted by Gasteiger charge is 2.16. The van der Waals surface area contributed by atoms with E-state index in [1.165, 1.54) is 13.3 Å². The number of rotatable bonds is 8. The number of nitrogens with zero attached hydrogens (tertiary/aromatic N) is 4. The monoisotopic (exact) mass is 530 g/mol. The van der Waals surface area contributed by atoms with E-state index in [0.29, 0.717) is 34.3 Å². The number of benzene rings is 2. The highest BCUT2D eigenvalue weighted by Crippen LogP contribution is 2.29. The van der Waals surface area contributed by atoms with Gasteiger partial charge < -0.3 is 19.5 Å². The molecule has 2 aromatic carbocycles. The Morgan fingerprint density at radius 2 is 1.68 bits per heavy atom. The van der Waals surface area contributed by atoms with E-state index in [0.717, 1.165) is 22.4 Å². The standard InChI is InChI=1S/C30H22N6O4/c1-38-28-15-23(11-12-32-28)40-27-10-8-21(17-33-27)34-30(37)29-25-14-19(7-9-26(25)35-36-29)20-13-24(18-31-16-20)39-22-5-3-2-4-6-22/h2-18H,1H3,(H,34,37)(H,35,36). The number of hydrogen-bond acceptors (Lipinski definition) is 8. The van der Waals surface area contributed by atoms with Gasteiger partial charge in [0.15, 0.2) is 5.69 Å². The Hall–Kier alpha value is -5.77. The molecule has 10 nitrogen and oxygen atoms in total. The minimum absolute atomic E-state index is 0.255. The average molecular weight is 531 g/mol. The minimum Gasteiger partial charge on any atom is -0.481 e. The van der Waals surface area contributed by atoms with Crippen LogP contribution < -0.4 is 19.5 Å². The molecule has 0 spiro atoms. The minimum atomic E-state index is -0.378. The van der Waals surface area contributed by atoms with E-state index in [1.54, 1.807) is 42.9 Å². The number of amides is 1. The zero-order valence-corrected chi connectivity index (χ0v) is 21.2. The molecule has 0 aliphatic heterocycles. The third kappa shape index (κ3) is 5.41. The third-order valence-electron chi connectivity index (χ3n) is 5.94. The Morgan fingerprint density at radius 3 is 2.50 bits per heavy atom. The van der Waals surface area contributed by atoms with Gasteiger partial charge in [0.05, 0.1) is 30.7 Å². The van der Waals surface area contributed by atoms with Crippen LogP contribution in [0.2, 0.25) is 0 Å². The van der Waals surface area contributed by atoms with E-state index < -0.39 is 0 Å². The van der Waals surface area contributed by atoms with Crippen LogP contribution in [0, 0.1) is 0 Å². The maximum absolute atomic E-state index is 13.1. The lowest BCUT2D eigenvalue weighted by atomic mass is 10.0. The Balaban J connectivity index is 1.18. The lowest BCUT2D eigenvalue weighted by Gasteiger charge is -2.08. The first kappa shape index (κ1) is 24.6. The molecule has 196 valence electrons.